The summed E-state index contributed by atoms with van der Waals surface area (Å²) >= 11 is 3.40. The standard InChI is InChI=1S/C17H14BrNO3/c1-22-11-6-7-15-13(10-11)16(20)8-9-19(15)17(21)12-4-2-3-5-14(12)18/h2-7,10H,8-9H2,1H3. The lowest BCUT2D eigenvalue weighted by Crippen LogP contribution is -2.37. The average molecular weight is 360 g/mol. The van der Waals surface area contributed by atoms with Crippen LogP contribution in [0.25, 0.3) is 0 Å². The number of hydrogen-bond donors (Lipinski definition) is 0. The number of hydrogen-bond acceptors (Lipinski definition) is 3. The summed E-state index contributed by atoms with van der Waals surface area (Å²) in [4.78, 5) is 26.6. The molecule has 112 valence electrons. The normalized spacial score (nSPS) is 13.7. The van der Waals surface area contributed by atoms with Crippen molar-refractivity contribution in [3.63, 3.8) is 0 Å². The highest BCUT2D eigenvalue weighted by Gasteiger charge is 2.29. The maximum absolute atomic E-state index is 12.8. The van der Waals surface area contributed by atoms with Crippen molar-refractivity contribution in [1.82, 2.24) is 0 Å². The molecule has 22 heavy (non-hydrogen) atoms. The predicted molar refractivity (Wildman–Crippen MR) is 87.8 cm³/mol. The fourth-order valence-electron chi connectivity index (χ4n) is 2.56. The molecule has 2 aromatic carbocycles. The molecule has 1 amide bonds. The van der Waals surface area contributed by atoms with E-state index in [1.807, 2.05) is 18.2 Å². The fraction of sp³-hybridized carbons (Fsp3) is 0.176. The molecule has 0 saturated carbocycles. The second-order valence-corrected chi connectivity index (χ2v) is 5.85. The van der Waals surface area contributed by atoms with Gasteiger partial charge in [-0.15, -0.1) is 0 Å². The number of rotatable bonds is 2. The van der Waals surface area contributed by atoms with Crippen molar-refractivity contribution in [2.45, 2.75) is 6.42 Å². The van der Waals surface area contributed by atoms with Gasteiger partial charge in [0.2, 0.25) is 0 Å². The molecule has 0 spiro atoms. The topological polar surface area (TPSA) is 46.6 Å². The van der Waals surface area contributed by atoms with Crippen LogP contribution in [-0.2, 0) is 0 Å². The molecule has 0 N–H and O–H groups in total. The molecule has 0 unspecified atom stereocenters. The van der Waals surface area contributed by atoms with Crippen LogP contribution < -0.4 is 9.64 Å². The van der Waals surface area contributed by atoms with Crippen LogP contribution in [0.4, 0.5) is 5.69 Å². The molecular formula is C17H14BrNO3. The van der Waals surface area contributed by atoms with E-state index in [2.05, 4.69) is 15.9 Å². The largest absolute Gasteiger partial charge is 0.497 e. The average Bonchev–Trinajstić information content (AvgIpc) is 2.55. The van der Waals surface area contributed by atoms with Gasteiger partial charge in [0.05, 0.1) is 18.4 Å². The highest BCUT2D eigenvalue weighted by atomic mass is 79.9. The molecule has 1 aliphatic rings. The molecule has 1 aliphatic heterocycles. The first kappa shape index (κ1) is 14.8. The van der Waals surface area contributed by atoms with Gasteiger partial charge in [-0.25, -0.2) is 0 Å². The van der Waals surface area contributed by atoms with Gasteiger partial charge in [-0.1, -0.05) is 12.1 Å². The molecule has 2 aromatic rings. The van der Waals surface area contributed by atoms with Gasteiger partial charge in [0.15, 0.2) is 5.78 Å². The quantitative estimate of drug-likeness (QED) is 0.821. The number of ketones is 1. The number of halogens is 1. The minimum absolute atomic E-state index is 0.0325. The van der Waals surface area contributed by atoms with E-state index >= 15 is 0 Å². The van der Waals surface area contributed by atoms with E-state index in [9.17, 15) is 9.59 Å². The lowest BCUT2D eigenvalue weighted by molar-refractivity contribution is 0.0954. The maximum Gasteiger partial charge on any atom is 0.259 e. The first-order chi connectivity index (χ1) is 10.6. The van der Waals surface area contributed by atoms with Crippen LogP contribution >= 0.6 is 15.9 Å². The van der Waals surface area contributed by atoms with Crippen LogP contribution in [0, 0.1) is 0 Å². The van der Waals surface area contributed by atoms with Crippen LogP contribution in [0.15, 0.2) is 46.9 Å². The Balaban J connectivity index is 2.04. The number of ether oxygens (including phenoxy) is 1. The van der Waals surface area contributed by atoms with Gasteiger partial charge in [-0.2, -0.15) is 0 Å². The Bertz CT molecular complexity index is 757. The molecule has 4 nitrogen and oxygen atoms in total. The Morgan fingerprint density at radius 2 is 2.00 bits per heavy atom. The minimum Gasteiger partial charge on any atom is -0.497 e. The van der Waals surface area contributed by atoms with Gasteiger partial charge in [-0.3, -0.25) is 9.59 Å². The van der Waals surface area contributed by atoms with Crippen molar-refractivity contribution < 1.29 is 14.3 Å². The van der Waals surface area contributed by atoms with E-state index < -0.39 is 0 Å². The molecule has 0 fully saturated rings. The Labute approximate surface area is 136 Å². The van der Waals surface area contributed by atoms with Crippen molar-refractivity contribution in [3.8, 4) is 5.75 Å². The van der Waals surface area contributed by atoms with Crippen molar-refractivity contribution in [2.75, 3.05) is 18.6 Å². The number of benzene rings is 2. The van der Waals surface area contributed by atoms with Crippen molar-refractivity contribution >= 4 is 33.3 Å². The fourth-order valence-corrected chi connectivity index (χ4v) is 3.01. The predicted octanol–water partition coefficient (Wildman–Crippen LogP) is 3.69. The SMILES string of the molecule is COc1ccc2c(c1)C(=O)CCN2C(=O)c1ccccc1Br. The highest BCUT2D eigenvalue weighted by Crippen LogP contribution is 2.32. The first-order valence-corrected chi connectivity index (χ1v) is 7.68. The summed E-state index contributed by atoms with van der Waals surface area (Å²) in [5.41, 5.74) is 1.75. The van der Waals surface area contributed by atoms with Crippen molar-refractivity contribution in [3.05, 3.63) is 58.1 Å². The second-order valence-electron chi connectivity index (χ2n) is 4.99. The molecule has 0 aromatic heterocycles. The van der Waals surface area contributed by atoms with Crippen LogP contribution in [0.1, 0.15) is 27.1 Å². The number of carbonyl (C=O) groups is 2. The molecule has 3 rings (SSSR count). The van der Waals surface area contributed by atoms with E-state index in [1.165, 1.54) is 0 Å². The van der Waals surface area contributed by atoms with Gasteiger partial charge in [-0.05, 0) is 46.3 Å². The monoisotopic (exact) mass is 359 g/mol. The zero-order valence-electron chi connectivity index (χ0n) is 12.0. The molecule has 5 heteroatoms. The Kier molecular flexibility index (Phi) is 3.98. The third-order valence-electron chi connectivity index (χ3n) is 3.71. The number of amides is 1. The van der Waals surface area contributed by atoms with Gasteiger partial charge in [0.25, 0.3) is 5.91 Å². The van der Waals surface area contributed by atoms with Crippen LogP contribution in [0.2, 0.25) is 0 Å². The molecular weight excluding hydrogens is 346 g/mol. The van der Waals surface area contributed by atoms with Gasteiger partial charge in [0.1, 0.15) is 5.75 Å². The van der Waals surface area contributed by atoms with E-state index in [-0.39, 0.29) is 11.7 Å². The van der Waals surface area contributed by atoms with E-state index in [4.69, 9.17) is 4.74 Å². The Morgan fingerprint density at radius 1 is 1.23 bits per heavy atom. The third kappa shape index (κ3) is 2.52. The lowest BCUT2D eigenvalue weighted by Gasteiger charge is -2.29. The summed E-state index contributed by atoms with van der Waals surface area (Å²) in [6.07, 6.45) is 0.316. The van der Waals surface area contributed by atoms with Crippen LogP contribution in [-0.4, -0.2) is 25.3 Å². The van der Waals surface area contributed by atoms with Gasteiger partial charge >= 0.3 is 0 Å². The van der Waals surface area contributed by atoms with E-state index in [1.54, 1.807) is 36.3 Å². The highest BCUT2D eigenvalue weighted by molar-refractivity contribution is 9.10. The van der Waals surface area contributed by atoms with E-state index in [0.717, 1.165) is 4.47 Å². The molecule has 0 atom stereocenters. The van der Waals surface area contributed by atoms with Gasteiger partial charge < -0.3 is 9.64 Å². The number of anilines is 1. The summed E-state index contributed by atoms with van der Waals surface area (Å²) in [5.74, 6) is 0.527. The number of Topliss-reactive ketones (excluding diaryl/α,β-unsaturated/α-hetero) is 1. The summed E-state index contributed by atoms with van der Waals surface area (Å²) < 4.78 is 5.91. The molecule has 0 radical (unpaired) electrons. The summed E-state index contributed by atoms with van der Waals surface area (Å²) in [6, 6.07) is 12.5. The number of nitrogens with zero attached hydrogens (tertiary/aromatic N) is 1. The smallest absolute Gasteiger partial charge is 0.259 e. The lowest BCUT2D eigenvalue weighted by atomic mass is 9.99. The molecule has 0 bridgehead atoms. The van der Waals surface area contributed by atoms with Crippen LogP contribution in [0.3, 0.4) is 0 Å². The summed E-state index contributed by atoms with van der Waals surface area (Å²) in [6.45, 7) is 0.387. The van der Waals surface area contributed by atoms with E-state index in [0.29, 0.717) is 35.5 Å². The first-order valence-electron chi connectivity index (χ1n) is 6.89. The number of carbonyl (C=O) groups excluding carboxylic acids is 2. The third-order valence-corrected chi connectivity index (χ3v) is 4.40. The van der Waals surface area contributed by atoms with Crippen molar-refractivity contribution in [1.29, 1.82) is 0 Å². The Morgan fingerprint density at radius 3 is 2.73 bits per heavy atom. The summed E-state index contributed by atoms with van der Waals surface area (Å²) in [5, 5.41) is 0. The number of methoxy groups -OCH3 is 1. The molecule has 0 saturated heterocycles. The maximum atomic E-state index is 12.8. The molecule has 0 aliphatic carbocycles. The molecule has 1 heterocycles. The van der Waals surface area contributed by atoms with Crippen LogP contribution in [0.5, 0.6) is 5.75 Å². The second kappa shape index (κ2) is 5.93. The zero-order chi connectivity index (χ0) is 15.7. The number of fused-ring (bicyclic) bond motifs is 1. The van der Waals surface area contributed by atoms with Gasteiger partial charge in [0, 0.05) is 23.0 Å². The summed E-state index contributed by atoms with van der Waals surface area (Å²) in [7, 11) is 1.55. The zero-order valence-corrected chi connectivity index (χ0v) is 13.6. The minimum atomic E-state index is -0.119. The van der Waals surface area contributed by atoms with Crippen molar-refractivity contribution in [2.24, 2.45) is 0 Å². The Hall–Kier alpha value is -2.14.